The van der Waals surface area contributed by atoms with Gasteiger partial charge >= 0.3 is 0 Å². The number of methoxy groups -OCH3 is 1. The molecule has 0 aliphatic carbocycles. The maximum absolute atomic E-state index is 12.2. The van der Waals surface area contributed by atoms with Crippen molar-refractivity contribution in [3.05, 3.63) is 53.2 Å². The minimum absolute atomic E-state index is 0.0975. The van der Waals surface area contributed by atoms with Gasteiger partial charge in [-0.05, 0) is 42.2 Å². The number of aromatic nitrogens is 1. The van der Waals surface area contributed by atoms with Gasteiger partial charge in [0.05, 0.1) is 5.56 Å². The van der Waals surface area contributed by atoms with E-state index in [2.05, 4.69) is 29.5 Å². The van der Waals surface area contributed by atoms with Gasteiger partial charge in [-0.25, -0.2) is 4.98 Å². The Hall–Kier alpha value is -2.11. The first kappa shape index (κ1) is 19.2. The van der Waals surface area contributed by atoms with Crippen LogP contribution in [0.15, 0.2) is 42.6 Å². The zero-order chi connectivity index (χ0) is 18.3. The number of nitrogens with one attached hydrogen (secondary N) is 2. The fourth-order valence-electron chi connectivity index (χ4n) is 2.20. The molecule has 1 heterocycles. The van der Waals surface area contributed by atoms with E-state index in [0.717, 1.165) is 25.4 Å². The highest BCUT2D eigenvalue weighted by molar-refractivity contribution is 6.30. The Bertz CT molecular complexity index is 702. The smallest absolute Gasteiger partial charge is 0.257 e. The van der Waals surface area contributed by atoms with Gasteiger partial charge in [-0.1, -0.05) is 31.5 Å². The molecule has 0 fully saturated rings. The third-order valence-corrected chi connectivity index (χ3v) is 4.07. The second-order valence-electron chi connectivity index (χ2n) is 6.66. The normalized spacial score (nSPS) is 11.2. The van der Waals surface area contributed by atoms with E-state index in [1.54, 1.807) is 49.7 Å². The van der Waals surface area contributed by atoms with Crippen LogP contribution in [0.1, 0.15) is 30.6 Å². The van der Waals surface area contributed by atoms with E-state index in [0.29, 0.717) is 16.3 Å². The van der Waals surface area contributed by atoms with Gasteiger partial charge in [0.25, 0.3) is 5.91 Å². The van der Waals surface area contributed by atoms with Gasteiger partial charge < -0.3 is 15.4 Å². The molecule has 0 bridgehead atoms. The predicted octanol–water partition coefficient (Wildman–Crippen LogP) is 4.46. The van der Waals surface area contributed by atoms with Crippen LogP contribution in [0.3, 0.4) is 0 Å². The van der Waals surface area contributed by atoms with Gasteiger partial charge in [-0.15, -0.1) is 0 Å². The van der Waals surface area contributed by atoms with Crippen LogP contribution < -0.4 is 10.6 Å². The third kappa shape index (κ3) is 6.36. The number of hydrogen-bond acceptors (Lipinski definition) is 4. The molecule has 1 aromatic heterocycles. The van der Waals surface area contributed by atoms with Crippen LogP contribution in [-0.4, -0.2) is 31.2 Å². The fourth-order valence-corrected chi connectivity index (χ4v) is 2.39. The summed E-state index contributed by atoms with van der Waals surface area (Å²) in [4.78, 5) is 16.6. The highest BCUT2D eigenvalue weighted by Gasteiger charge is 2.17. The number of amides is 1. The number of pyridine rings is 1. The van der Waals surface area contributed by atoms with Gasteiger partial charge in [0.2, 0.25) is 0 Å². The number of benzene rings is 1. The van der Waals surface area contributed by atoms with Crippen LogP contribution in [0.5, 0.6) is 0 Å². The van der Waals surface area contributed by atoms with Crippen molar-refractivity contribution in [2.24, 2.45) is 5.41 Å². The first-order valence-electron chi connectivity index (χ1n) is 8.15. The summed E-state index contributed by atoms with van der Waals surface area (Å²) >= 11 is 5.92. The third-order valence-electron chi connectivity index (χ3n) is 3.84. The van der Waals surface area contributed by atoms with Crippen molar-refractivity contribution < 1.29 is 9.53 Å². The lowest BCUT2D eigenvalue weighted by molar-refractivity contribution is 0.102. The Morgan fingerprint density at radius 3 is 2.72 bits per heavy atom. The molecule has 0 atom stereocenters. The molecule has 0 saturated heterocycles. The summed E-state index contributed by atoms with van der Waals surface area (Å²) < 4.78 is 5.13. The second kappa shape index (κ2) is 8.83. The molecule has 0 aliphatic heterocycles. The van der Waals surface area contributed by atoms with E-state index in [4.69, 9.17) is 16.3 Å². The van der Waals surface area contributed by atoms with E-state index in [1.165, 1.54) is 0 Å². The Labute approximate surface area is 153 Å². The van der Waals surface area contributed by atoms with Crippen molar-refractivity contribution in [1.82, 2.24) is 4.98 Å². The molecule has 0 unspecified atom stereocenters. The average Bonchev–Trinajstić information content (AvgIpc) is 2.59. The molecule has 6 heteroatoms. The lowest BCUT2D eigenvalue weighted by atomic mass is 9.90. The first-order valence-corrected chi connectivity index (χ1v) is 8.53. The second-order valence-corrected chi connectivity index (χ2v) is 7.09. The molecular formula is C19H24ClN3O2. The van der Waals surface area contributed by atoms with Crippen molar-refractivity contribution in [1.29, 1.82) is 0 Å². The number of nitrogens with zero attached hydrogens (tertiary/aromatic N) is 1. The number of anilines is 2. The molecule has 134 valence electrons. The molecule has 0 aliphatic rings. The van der Waals surface area contributed by atoms with Crippen LogP contribution in [-0.2, 0) is 4.74 Å². The molecule has 5 nitrogen and oxygen atoms in total. The number of rotatable bonds is 8. The zero-order valence-corrected chi connectivity index (χ0v) is 15.6. The lowest BCUT2D eigenvalue weighted by Gasteiger charge is -2.24. The number of carbonyl (C=O) groups excluding carboxylic acids is 1. The largest absolute Gasteiger partial charge is 0.385 e. The van der Waals surface area contributed by atoms with Crippen LogP contribution in [0.25, 0.3) is 0 Å². The molecule has 2 aromatic rings. The van der Waals surface area contributed by atoms with Crippen LogP contribution in [0.2, 0.25) is 5.02 Å². The van der Waals surface area contributed by atoms with E-state index >= 15 is 0 Å². The van der Waals surface area contributed by atoms with Crippen molar-refractivity contribution in [2.75, 3.05) is 30.9 Å². The minimum atomic E-state index is -0.221. The molecule has 0 saturated carbocycles. The minimum Gasteiger partial charge on any atom is -0.385 e. The fraction of sp³-hybridized carbons (Fsp3) is 0.368. The average molecular weight is 362 g/mol. The Morgan fingerprint density at radius 1 is 1.28 bits per heavy atom. The van der Waals surface area contributed by atoms with Gasteiger partial charge in [-0.2, -0.15) is 0 Å². The molecule has 1 aromatic carbocycles. The molecule has 0 spiro atoms. The molecule has 1 amide bonds. The summed E-state index contributed by atoms with van der Waals surface area (Å²) in [6, 6.07) is 10.6. The van der Waals surface area contributed by atoms with Gasteiger partial charge in [0, 0.05) is 37.2 Å². The van der Waals surface area contributed by atoms with Crippen LogP contribution in [0.4, 0.5) is 11.5 Å². The van der Waals surface area contributed by atoms with E-state index in [1.807, 2.05) is 0 Å². The van der Waals surface area contributed by atoms with E-state index in [-0.39, 0.29) is 11.3 Å². The van der Waals surface area contributed by atoms with E-state index in [9.17, 15) is 4.79 Å². The summed E-state index contributed by atoms with van der Waals surface area (Å²) in [5.74, 6) is 0.520. The lowest BCUT2D eigenvalue weighted by Crippen LogP contribution is -2.25. The zero-order valence-electron chi connectivity index (χ0n) is 14.8. The monoisotopic (exact) mass is 361 g/mol. The standard InChI is InChI=1S/C19H24ClN3O2/c1-19(2,9-10-25-3)13-22-17-8-7-14(12-21-17)18(24)23-16-6-4-5-15(20)11-16/h4-8,11-12H,9-10,13H2,1-3H3,(H,21,22)(H,23,24). The van der Waals surface area contributed by atoms with Crippen molar-refractivity contribution in [3.63, 3.8) is 0 Å². The molecule has 25 heavy (non-hydrogen) atoms. The van der Waals surface area contributed by atoms with Crippen molar-refractivity contribution in [3.8, 4) is 0 Å². The van der Waals surface area contributed by atoms with E-state index < -0.39 is 0 Å². The molecular weight excluding hydrogens is 338 g/mol. The number of halogens is 1. The van der Waals surface area contributed by atoms with Crippen LogP contribution in [0, 0.1) is 5.41 Å². The van der Waals surface area contributed by atoms with Crippen molar-refractivity contribution >= 4 is 29.0 Å². The molecule has 2 rings (SSSR count). The quantitative estimate of drug-likeness (QED) is 0.728. The van der Waals surface area contributed by atoms with Crippen LogP contribution >= 0.6 is 11.6 Å². The van der Waals surface area contributed by atoms with Crippen molar-refractivity contribution in [2.45, 2.75) is 20.3 Å². The summed E-state index contributed by atoms with van der Waals surface area (Å²) in [5.41, 5.74) is 1.24. The number of carbonyl (C=O) groups is 1. The highest BCUT2D eigenvalue weighted by Crippen LogP contribution is 2.21. The summed E-state index contributed by atoms with van der Waals surface area (Å²) in [6.07, 6.45) is 2.51. The van der Waals surface area contributed by atoms with Gasteiger partial charge in [0.1, 0.15) is 5.82 Å². The van der Waals surface area contributed by atoms with Gasteiger partial charge in [0.15, 0.2) is 0 Å². The number of ether oxygens (including phenoxy) is 1. The maximum atomic E-state index is 12.2. The van der Waals surface area contributed by atoms with Gasteiger partial charge in [-0.3, -0.25) is 4.79 Å². The Kier molecular flexibility index (Phi) is 6.79. The Morgan fingerprint density at radius 2 is 2.08 bits per heavy atom. The maximum Gasteiger partial charge on any atom is 0.257 e. The summed E-state index contributed by atoms with van der Waals surface area (Å²) in [7, 11) is 1.71. The molecule has 2 N–H and O–H groups in total. The topological polar surface area (TPSA) is 63.2 Å². The Balaban J connectivity index is 1.91. The first-order chi connectivity index (χ1) is 11.9. The number of hydrogen-bond donors (Lipinski definition) is 2. The SMILES string of the molecule is COCCC(C)(C)CNc1ccc(C(=O)Nc2cccc(Cl)c2)cn1. The molecule has 0 radical (unpaired) electrons. The predicted molar refractivity (Wildman–Crippen MR) is 102 cm³/mol. The highest BCUT2D eigenvalue weighted by atomic mass is 35.5. The summed E-state index contributed by atoms with van der Waals surface area (Å²) in [5, 5.41) is 6.68. The summed E-state index contributed by atoms with van der Waals surface area (Å²) in [6.45, 7) is 5.85.